The molecule has 0 aliphatic carbocycles. The average molecular weight is 362 g/mol. The van der Waals surface area contributed by atoms with Crippen LogP contribution in [0.4, 0.5) is 0 Å². The summed E-state index contributed by atoms with van der Waals surface area (Å²) >= 11 is 0. The third-order valence-electron chi connectivity index (χ3n) is 5.31. The maximum Gasteiger partial charge on any atom is 0.332 e. The Bertz CT molecular complexity index is 954. The molecule has 1 aliphatic heterocycles. The highest BCUT2D eigenvalue weighted by molar-refractivity contribution is 5.78. The van der Waals surface area contributed by atoms with Gasteiger partial charge in [-0.1, -0.05) is 13.3 Å². The second-order valence-electron chi connectivity index (χ2n) is 6.99. The zero-order valence-corrected chi connectivity index (χ0v) is 15.6. The zero-order valence-electron chi connectivity index (χ0n) is 15.6. The fraction of sp³-hybridized carbons (Fsp3) is 0.647. The Morgan fingerprint density at radius 3 is 2.62 bits per heavy atom. The first-order chi connectivity index (χ1) is 12.3. The van der Waals surface area contributed by atoms with Gasteiger partial charge in [-0.25, -0.2) is 9.78 Å². The van der Waals surface area contributed by atoms with Crippen LogP contribution in [0.2, 0.25) is 0 Å². The van der Waals surface area contributed by atoms with Crippen LogP contribution in [0.25, 0.3) is 11.2 Å². The summed E-state index contributed by atoms with van der Waals surface area (Å²) in [6, 6.07) is 0.456. The zero-order chi connectivity index (χ0) is 19.0. The van der Waals surface area contributed by atoms with E-state index in [2.05, 4.69) is 16.8 Å². The molecular formula is C17H26N6O3. The molecule has 1 saturated heterocycles. The Labute approximate surface area is 151 Å². The van der Waals surface area contributed by atoms with Crippen LogP contribution >= 0.6 is 0 Å². The quantitative estimate of drug-likeness (QED) is 0.784. The molecule has 2 N–H and O–H groups in total. The number of rotatable bonds is 5. The van der Waals surface area contributed by atoms with Gasteiger partial charge in [-0.05, 0) is 25.8 Å². The lowest BCUT2D eigenvalue weighted by Crippen LogP contribution is -2.39. The molecule has 142 valence electrons. The number of amides is 1. The van der Waals surface area contributed by atoms with Crippen LogP contribution in [0.1, 0.15) is 38.4 Å². The first-order valence-corrected chi connectivity index (χ1v) is 9.02. The van der Waals surface area contributed by atoms with E-state index in [0.29, 0.717) is 24.1 Å². The molecule has 1 atom stereocenters. The third kappa shape index (κ3) is 3.07. The lowest BCUT2D eigenvalue weighted by atomic mass is 10.0. The maximum absolute atomic E-state index is 12.7. The van der Waals surface area contributed by atoms with E-state index in [4.69, 9.17) is 5.73 Å². The lowest BCUT2D eigenvalue weighted by Gasteiger charge is -2.34. The summed E-state index contributed by atoms with van der Waals surface area (Å²) < 4.78 is 3.94. The molecule has 2 aromatic heterocycles. The number of nitrogens with zero attached hydrogens (tertiary/aromatic N) is 5. The van der Waals surface area contributed by atoms with E-state index in [1.807, 2.05) is 0 Å². The number of likely N-dealkylation sites (tertiary alicyclic amines) is 1. The van der Waals surface area contributed by atoms with Gasteiger partial charge in [0.25, 0.3) is 5.56 Å². The molecule has 9 heteroatoms. The summed E-state index contributed by atoms with van der Waals surface area (Å²) in [6.45, 7) is 3.51. The summed E-state index contributed by atoms with van der Waals surface area (Å²) in [6.07, 6.45) is 4.50. The van der Waals surface area contributed by atoms with Crippen molar-refractivity contribution in [2.24, 2.45) is 19.8 Å². The van der Waals surface area contributed by atoms with E-state index in [1.54, 1.807) is 11.6 Å². The number of piperidine rings is 1. The van der Waals surface area contributed by atoms with Crippen molar-refractivity contribution in [2.75, 3.05) is 6.54 Å². The van der Waals surface area contributed by atoms with Crippen LogP contribution in [-0.4, -0.2) is 42.1 Å². The van der Waals surface area contributed by atoms with Crippen LogP contribution < -0.4 is 17.0 Å². The number of primary amides is 1. The maximum atomic E-state index is 12.7. The van der Waals surface area contributed by atoms with E-state index in [0.717, 1.165) is 30.4 Å². The Hall–Kier alpha value is -2.42. The molecule has 3 heterocycles. The summed E-state index contributed by atoms with van der Waals surface area (Å²) in [5.74, 6) is 0.0459. The summed E-state index contributed by atoms with van der Waals surface area (Å²) in [5, 5.41) is 0. The van der Waals surface area contributed by atoms with Gasteiger partial charge in [0.2, 0.25) is 5.91 Å². The summed E-state index contributed by atoms with van der Waals surface area (Å²) in [5.41, 5.74) is 5.04. The van der Waals surface area contributed by atoms with Gasteiger partial charge in [-0.3, -0.25) is 23.6 Å². The Balaban J connectivity index is 2.16. The molecule has 0 radical (unpaired) electrons. The minimum Gasteiger partial charge on any atom is -0.368 e. The number of carbonyl (C=O) groups is 1. The van der Waals surface area contributed by atoms with E-state index < -0.39 is 17.2 Å². The first-order valence-electron chi connectivity index (χ1n) is 9.02. The van der Waals surface area contributed by atoms with Gasteiger partial charge in [-0.2, -0.15) is 0 Å². The van der Waals surface area contributed by atoms with Gasteiger partial charge in [-0.15, -0.1) is 0 Å². The predicted octanol–water partition coefficient (Wildman–Crippen LogP) is -0.316. The van der Waals surface area contributed by atoms with Crippen molar-refractivity contribution in [1.29, 1.82) is 0 Å². The number of imidazole rings is 1. The number of aryl methyl sites for hydroxylation is 1. The van der Waals surface area contributed by atoms with E-state index >= 15 is 0 Å². The lowest BCUT2D eigenvalue weighted by molar-refractivity contribution is -0.118. The number of hydrogen-bond acceptors (Lipinski definition) is 5. The van der Waals surface area contributed by atoms with Crippen molar-refractivity contribution in [1.82, 2.24) is 23.6 Å². The van der Waals surface area contributed by atoms with Crippen molar-refractivity contribution < 1.29 is 4.79 Å². The van der Waals surface area contributed by atoms with Crippen molar-refractivity contribution in [3.05, 3.63) is 26.7 Å². The Morgan fingerprint density at radius 2 is 1.96 bits per heavy atom. The highest BCUT2D eigenvalue weighted by atomic mass is 16.2. The number of carbonyl (C=O) groups excluding carboxylic acids is 1. The van der Waals surface area contributed by atoms with Gasteiger partial charge >= 0.3 is 5.69 Å². The van der Waals surface area contributed by atoms with Gasteiger partial charge in [0.1, 0.15) is 12.4 Å². The first kappa shape index (κ1) is 18.4. The van der Waals surface area contributed by atoms with E-state index in [9.17, 15) is 14.4 Å². The topological polar surface area (TPSA) is 108 Å². The minimum atomic E-state index is -0.549. The molecule has 0 spiro atoms. The average Bonchev–Trinajstić information content (AvgIpc) is 2.96. The highest BCUT2D eigenvalue weighted by Gasteiger charge is 2.25. The monoisotopic (exact) mass is 362 g/mol. The molecule has 2 aromatic rings. The molecule has 1 aliphatic rings. The van der Waals surface area contributed by atoms with Gasteiger partial charge < -0.3 is 10.3 Å². The molecule has 1 amide bonds. The Morgan fingerprint density at radius 1 is 1.23 bits per heavy atom. The van der Waals surface area contributed by atoms with E-state index in [-0.39, 0.29) is 12.1 Å². The van der Waals surface area contributed by atoms with Crippen molar-refractivity contribution >= 4 is 17.1 Å². The van der Waals surface area contributed by atoms with Crippen molar-refractivity contribution in [2.45, 2.75) is 51.7 Å². The third-order valence-corrected chi connectivity index (χ3v) is 5.31. The SMILES string of the molecule is CC[C@@H]1CCCCN1Cc1nc2c(c(=O)n(C)c(=O)n2C)n1CC(N)=O. The molecule has 1 fully saturated rings. The summed E-state index contributed by atoms with van der Waals surface area (Å²) in [7, 11) is 2.99. The molecular weight excluding hydrogens is 336 g/mol. The molecule has 9 nitrogen and oxygen atoms in total. The van der Waals surface area contributed by atoms with Crippen LogP contribution in [0.3, 0.4) is 0 Å². The van der Waals surface area contributed by atoms with Crippen molar-refractivity contribution in [3.8, 4) is 0 Å². The fourth-order valence-corrected chi connectivity index (χ4v) is 3.85. The smallest absolute Gasteiger partial charge is 0.332 e. The number of fused-ring (bicyclic) bond motifs is 1. The molecule has 26 heavy (non-hydrogen) atoms. The van der Waals surface area contributed by atoms with Gasteiger partial charge in [0.15, 0.2) is 11.2 Å². The minimum absolute atomic E-state index is 0.135. The van der Waals surface area contributed by atoms with Crippen LogP contribution in [0, 0.1) is 0 Å². The van der Waals surface area contributed by atoms with Crippen LogP contribution in [0.5, 0.6) is 0 Å². The normalized spacial score (nSPS) is 18.5. The molecule has 0 aromatic carbocycles. The molecule has 3 rings (SSSR count). The van der Waals surface area contributed by atoms with Gasteiger partial charge in [0, 0.05) is 20.1 Å². The largest absolute Gasteiger partial charge is 0.368 e. The second-order valence-corrected chi connectivity index (χ2v) is 6.99. The second kappa shape index (κ2) is 7.06. The highest BCUT2D eigenvalue weighted by Crippen LogP contribution is 2.22. The molecule has 0 saturated carbocycles. The number of hydrogen-bond donors (Lipinski definition) is 1. The fourth-order valence-electron chi connectivity index (χ4n) is 3.85. The van der Waals surface area contributed by atoms with E-state index in [1.165, 1.54) is 18.0 Å². The van der Waals surface area contributed by atoms with Crippen LogP contribution in [0.15, 0.2) is 9.59 Å². The standard InChI is InChI=1S/C17H26N6O3/c1-4-11-7-5-6-8-22(11)10-13-19-15-14(23(13)9-12(18)24)16(25)21(3)17(26)20(15)2/h11H,4-10H2,1-3H3,(H2,18,24)/t11-/m1/s1. The van der Waals surface area contributed by atoms with Crippen molar-refractivity contribution in [3.63, 3.8) is 0 Å². The molecule has 0 bridgehead atoms. The van der Waals surface area contributed by atoms with Gasteiger partial charge in [0.05, 0.1) is 6.54 Å². The van der Waals surface area contributed by atoms with Crippen LogP contribution in [-0.2, 0) is 32.0 Å². The summed E-state index contributed by atoms with van der Waals surface area (Å²) in [4.78, 5) is 43.4. The molecule has 0 unspecified atom stereocenters. The number of nitrogens with two attached hydrogens (primary N) is 1. The predicted molar refractivity (Wildman–Crippen MR) is 97.7 cm³/mol. The Kier molecular flexibility index (Phi) is 4.99. The number of aromatic nitrogens is 4.